The van der Waals surface area contributed by atoms with Gasteiger partial charge in [-0.3, -0.25) is 9.59 Å². The first-order valence-corrected chi connectivity index (χ1v) is 13.3. The van der Waals surface area contributed by atoms with Crippen molar-refractivity contribution >= 4 is 56.3 Å². The van der Waals surface area contributed by atoms with Gasteiger partial charge in [0.25, 0.3) is 5.91 Å². The number of urea groups is 1. The van der Waals surface area contributed by atoms with Gasteiger partial charge < -0.3 is 20.1 Å². The number of methoxy groups -OCH3 is 1. The molecule has 0 radical (unpaired) electrons. The fourth-order valence-electron chi connectivity index (χ4n) is 4.48. The van der Waals surface area contributed by atoms with Crippen molar-refractivity contribution in [2.24, 2.45) is 0 Å². The van der Waals surface area contributed by atoms with Gasteiger partial charge in [-0.2, -0.15) is 0 Å². The maximum atomic E-state index is 13.0. The van der Waals surface area contributed by atoms with E-state index < -0.39 is 24.4 Å². The molecular formula is C31H26BrN3O5. The Morgan fingerprint density at radius 1 is 1.02 bits per heavy atom. The van der Waals surface area contributed by atoms with Crippen LogP contribution in [0, 0.1) is 6.92 Å². The van der Waals surface area contributed by atoms with Gasteiger partial charge in [0.1, 0.15) is 18.8 Å². The van der Waals surface area contributed by atoms with Crippen LogP contribution in [0.4, 0.5) is 10.5 Å². The summed E-state index contributed by atoms with van der Waals surface area (Å²) in [6, 6.07) is 24.2. The highest BCUT2D eigenvalue weighted by molar-refractivity contribution is 9.10. The maximum Gasteiger partial charge on any atom is 0.329 e. The van der Waals surface area contributed by atoms with Crippen molar-refractivity contribution < 1.29 is 23.9 Å². The molecule has 0 bridgehead atoms. The zero-order chi connectivity index (χ0) is 28.2. The Hall–Kier alpha value is -4.63. The third kappa shape index (κ3) is 5.84. The minimum Gasteiger partial charge on any atom is -0.493 e. The van der Waals surface area contributed by atoms with Crippen LogP contribution in [0.1, 0.15) is 16.7 Å². The zero-order valence-electron chi connectivity index (χ0n) is 21.9. The van der Waals surface area contributed by atoms with E-state index in [1.807, 2.05) is 43.3 Å². The fourth-order valence-corrected chi connectivity index (χ4v) is 5.05. The lowest BCUT2D eigenvalue weighted by molar-refractivity contribution is -0.127. The van der Waals surface area contributed by atoms with E-state index in [-0.39, 0.29) is 5.70 Å². The number of halogens is 1. The lowest BCUT2D eigenvalue weighted by Crippen LogP contribution is -2.38. The number of benzene rings is 4. The number of amides is 4. The molecule has 1 heterocycles. The van der Waals surface area contributed by atoms with Crippen LogP contribution < -0.4 is 20.1 Å². The minimum absolute atomic E-state index is 0.0479. The van der Waals surface area contributed by atoms with E-state index in [0.717, 1.165) is 26.8 Å². The van der Waals surface area contributed by atoms with Gasteiger partial charge in [0.05, 0.1) is 11.6 Å². The van der Waals surface area contributed by atoms with Gasteiger partial charge in [0.2, 0.25) is 5.91 Å². The zero-order valence-corrected chi connectivity index (χ0v) is 23.4. The number of anilines is 1. The highest BCUT2D eigenvalue weighted by Gasteiger charge is 2.35. The van der Waals surface area contributed by atoms with E-state index in [4.69, 9.17) is 9.47 Å². The molecule has 40 heavy (non-hydrogen) atoms. The number of rotatable bonds is 8. The molecule has 4 amide bonds. The van der Waals surface area contributed by atoms with Crippen molar-refractivity contribution in [3.8, 4) is 11.5 Å². The van der Waals surface area contributed by atoms with Gasteiger partial charge in [-0.05, 0) is 80.7 Å². The van der Waals surface area contributed by atoms with Crippen LogP contribution in [-0.2, 0) is 16.2 Å². The number of aryl methyl sites for hydroxylation is 1. The Labute approximate surface area is 239 Å². The average Bonchev–Trinajstić information content (AvgIpc) is 3.19. The van der Waals surface area contributed by atoms with Gasteiger partial charge in [-0.1, -0.05) is 54.6 Å². The van der Waals surface area contributed by atoms with E-state index >= 15 is 0 Å². The molecule has 1 fully saturated rings. The molecule has 0 atom stereocenters. The normalized spacial score (nSPS) is 14.0. The largest absolute Gasteiger partial charge is 0.493 e. The molecule has 4 aromatic rings. The first-order valence-electron chi connectivity index (χ1n) is 12.5. The Morgan fingerprint density at radius 3 is 2.60 bits per heavy atom. The van der Waals surface area contributed by atoms with Gasteiger partial charge in [-0.25, -0.2) is 9.69 Å². The van der Waals surface area contributed by atoms with Gasteiger partial charge in [0.15, 0.2) is 11.5 Å². The third-order valence-corrected chi connectivity index (χ3v) is 6.97. The van der Waals surface area contributed by atoms with Crippen molar-refractivity contribution in [1.82, 2.24) is 10.2 Å². The molecule has 1 aliphatic rings. The van der Waals surface area contributed by atoms with E-state index in [2.05, 4.69) is 44.8 Å². The number of ether oxygens (including phenoxy) is 2. The molecule has 0 spiro atoms. The number of nitrogens with zero attached hydrogens (tertiary/aromatic N) is 1. The molecule has 0 aliphatic carbocycles. The summed E-state index contributed by atoms with van der Waals surface area (Å²) in [6.07, 6.45) is 1.53. The number of nitrogens with one attached hydrogen (secondary N) is 2. The highest BCUT2D eigenvalue weighted by Crippen LogP contribution is 2.38. The number of imide groups is 1. The molecule has 1 aliphatic heterocycles. The molecule has 5 rings (SSSR count). The molecule has 1 saturated heterocycles. The van der Waals surface area contributed by atoms with Crippen molar-refractivity contribution in [1.29, 1.82) is 0 Å². The molecule has 8 nitrogen and oxygen atoms in total. The van der Waals surface area contributed by atoms with E-state index in [9.17, 15) is 14.4 Å². The first-order chi connectivity index (χ1) is 19.3. The van der Waals surface area contributed by atoms with E-state index in [1.54, 1.807) is 24.3 Å². The summed E-state index contributed by atoms with van der Waals surface area (Å²) in [5, 5.41) is 7.49. The molecule has 9 heteroatoms. The highest BCUT2D eigenvalue weighted by atomic mass is 79.9. The molecule has 202 valence electrons. The van der Waals surface area contributed by atoms with Crippen LogP contribution in [0.3, 0.4) is 0 Å². The Balaban J connectivity index is 1.30. The molecule has 0 saturated carbocycles. The second kappa shape index (κ2) is 11.6. The maximum absolute atomic E-state index is 13.0. The lowest BCUT2D eigenvalue weighted by atomic mass is 10.1. The number of carbonyl (C=O) groups excluding carboxylic acids is 3. The minimum atomic E-state index is -0.670. The summed E-state index contributed by atoms with van der Waals surface area (Å²) < 4.78 is 12.3. The van der Waals surface area contributed by atoms with Crippen molar-refractivity contribution in [3.63, 3.8) is 0 Å². The van der Waals surface area contributed by atoms with Gasteiger partial charge in [0, 0.05) is 5.69 Å². The standard InChI is InChI=1S/C31H26BrN3O5/c1-19-7-5-11-23(13-19)33-28(36)17-35-30(37)26(34-31(35)38)15-20-14-25(32)29(27(16-20)39-2)40-18-22-10-6-9-21-8-3-4-12-24(21)22/h3-16H,17-18H2,1-2H3,(H,33,36)(H,34,38)/b26-15-. The lowest BCUT2D eigenvalue weighted by Gasteiger charge is -2.15. The molecule has 0 aromatic heterocycles. The van der Waals surface area contributed by atoms with Gasteiger partial charge in [-0.15, -0.1) is 0 Å². The number of hydrogen-bond donors (Lipinski definition) is 2. The SMILES string of the molecule is COc1cc(/C=C2\NC(=O)N(CC(=O)Nc3cccc(C)c3)C2=O)cc(Br)c1OCc1cccc2ccccc12. The van der Waals surface area contributed by atoms with Crippen LogP contribution in [0.15, 0.2) is 89.0 Å². The molecule has 2 N–H and O–H groups in total. The Kier molecular flexibility index (Phi) is 7.84. The summed E-state index contributed by atoms with van der Waals surface area (Å²) in [5.74, 6) is -0.121. The predicted molar refractivity (Wildman–Crippen MR) is 157 cm³/mol. The predicted octanol–water partition coefficient (Wildman–Crippen LogP) is 6.03. The third-order valence-electron chi connectivity index (χ3n) is 6.38. The quantitative estimate of drug-likeness (QED) is 0.190. The fraction of sp³-hybridized carbons (Fsp3) is 0.129. The van der Waals surface area contributed by atoms with Crippen LogP contribution in [0.25, 0.3) is 16.8 Å². The molecule has 0 unspecified atom stereocenters. The topological polar surface area (TPSA) is 97.0 Å². The second-order valence-electron chi connectivity index (χ2n) is 9.26. The van der Waals surface area contributed by atoms with Crippen molar-refractivity contribution in [2.75, 3.05) is 19.0 Å². The monoisotopic (exact) mass is 599 g/mol. The summed E-state index contributed by atoms with van der Waals surface area (Å²) in [6.45, 7) is 1.82. The summed E-state index contributed by atoms with van der Waals surface area (Å²) in [5.41, 5.74) is 3.24. The smallest absolute Gasteiger partial charge is 0.329 e. The first kappa shape index (κ1) is 27.0. The van der Waals surface area contributed by atoms with Crippen LogP contribution in [-0.4, -0.2) is 36.4 Å². The number of carbonyl (C=O) groups is 3. The van der Waals surface area contributed by atoms with Crippen LogP contribution in [0.2, 0.25) is 0 Å². The molecular weight excluding hydrogens is 574 g/mol. The second-order valence-corrected chi connectivity index (χ2v) is 10.1. The van der Waals surface area contributed by atoms with Crippen molar-refractivity contribution in [3.05, 3.63) is 106 Å². The number of hydrogen-bond acceptors (Lipinski definition) is 5. The summed E-state index contributed by atoms with van der Waals surface area (Å²) in [7, 11) is 1.53. The molecule has 4 aromatic carbocycles. The Bertz CT molecular complexity index is 1660. The Morgan fingerprint density at radius 2 is 1.80 bits per heavy atom. The summed E-state index contributed by atoms with van der Waals surface area (Å²) in [4.78, 5) is 38.8. The van der Waals surface area contributed by atoms with Gasteiger partial charge >= 0.3 is 6.03 Å². The average molecular weight is 600 g/mol. The van der Waals surface area contributed by atoms with Crippen LogP contribution >= 0.6 is 15.9 Å². The van der Waals surface area contributed by atoms with Crippen LogP contribution in [0.5, 0.6) is 11.5 Å². The number of fused-ring (bicyclic) bond motifs is 1. The summed E-state index contributed by atoms with van der Waals surface area (Å²) >= 11 is 3.55. The van der Waals surface area contributed by atoms with E-state index in [0.29, 0.717) is 33.8 Å². The van der Waals surface area contributed by atoms with E-state index in [1.165, 1.54) is 13.2 Å². The van der Waals surface area contributed by atoms with Crippen molar-refractivity contribution in [2.45, 2.75) is 13.5 Å².